The lowest BCUT2D eigenvalue weighted by Crippen LogP contribution is -2.36. The predicted octanol–water partition coefficient (Wildman–Crippen LogP) is 4.03. The first kappa shape index (κ1) is 15.7. The van der Waals surface area contributed by atoms with Crippen molar-refractivity contribution < 1.29 is 4.43 Å². The van der Waals surface area contributed by atoms with Crippen molar-refractivity contribution in [2.45, 2.75) is 18.4 Å². The van der Waals surface area contributed by atoms with E-state index < -0.39 is 5.60 Å². The maximum atomic E-state index is 6.37. The molecule has 1 nitrogen and oxygen atoms in total. The van der Waals surface area contributed by atoms with Gasteiger partial charge >= 0.3 is 0 Å². The zero-order valence-corrected chi connectivity index (χ0v) is 15.6. The number of hydrogen-bond acceptors (Lipinski definition) is 1. The molecule has 0 saturated heterocycles. The fourth-order valence-electron chi connectivity index (χ4n) is 3.43. The van der Waals surface area contributed by atoms with Gasteiger partial charge in [0.05, 0.1) is 0 Å². The van der Waals surface area contributed by atoms with Gasteiger partial charge in [-0.1, -0.05) is 97.9 Å². The van der Waals surface area contributed by atoms with Crippen molar-refractivity contribution in [1.82, 2.24) is 0 Å². The van der Waals surface area contributed by atoms with Crippen LogP contribution in [0.4, 0.5) is 0 Å². The molecular formula is C21H22OSi. The molecule has 0 radical (unpaired) electrons. The summed E-state index contributed by atoms with van der Waals surface area (Å²) in [5.74, 6) is 0.214. The van der Waals surface area contributed by atoms with Gasteiger partial charge in [0.25, 0.3) is 0 Å². The van der Waals surface area contributed by atoms with Gasteiger partial charge in [-0.2, -0.15) is 0 Å². The van der Waals surface area contributed by atoms with Crippen LogP contribution in [0.5, 0.6) is 0 Å². The Hall–Kier alpha value is -2.16. The van der Waals surface area contributed by atoms with Gasteiger partial charge in [-0.05, 0) is 16.7 Å². The predicted molar refractivity (Wildman–Crippen MR) is 99.5 cm³/mol. The van der Waals surface area contributed by atoms with E-state index in [1.165, 1.54) is 16.7 Å². The fraction of sp³-hybridized carbons (Fsp3) is 0.143. The Morgan fingerprint density at radius 1 is 0.696 bits per heavy atom. The van der Waals surface area contributed by atoms with Gasteiger partial charge < -0.3 is 4.43 Å². The third-order valence-electron chi connectivity index (χ3n) is 4.64. The SMILES string of the molecule is CC(c1ccccc1)C(O[SiH3])(c1ccccc1)c1ccccc1. The lowest BCUT2D eigenvalue weighted by molar-refractivity contribution is 0.0968. The van der Waals surface area contributed by atoms with Crippen LogP contribution >= 0.6 is 0 Å². The van der Waals surface area contributed by atoms with Crippen LogP contribution in [0, 0.1) is 0 Å². The fourth-order valence-corrected chi connectivity index (χ4v) is 4.25. The maximum Gasteiger partial charge on any atom is 0.147 e. The molecule has 1 unspecified atom stereocenters. The van der Waals surface area contributed by atoms with E-state index in [-0.39, 0.29) is 5.92 Å². The second kappa shape index (κ2) is 6.94. The topological polar surface area (TPSA) is 9.23 Å². The van der Waals surface area contributed by atoms with Gasteiger partial charge in [0.15, 0.2) is 0 Å². The molecule has 0 spiro atoms. The summed E-state index contributed by atoms with van der Waals surface area (Å²) in [4.78, 5) is 0. The molecule has 0 amide bonds. The molecule has 0 aliphatic rings. The van der Waals surface area contributed by atoms with Gasteiger partial charge in [-0.15, -0.1) is 0 Å². The number of benzene rings is 3. The van der Waals surface area contributed by atoms with E-state index in [0.717, 1.165) is 0 Å². The first-order chi connectivity index (χ1) is 11.3. The highest BCUT2D eigenvalue weighted by atomic mass is 28.2. The highest BCUT2D eigenvalue weighted by molar-refractivity contribution is 5.98. The van der Waals surface area contributed by atoms with Crippen molar-refractivity contribution >= 4 is 10.5 Å². The summed E-state index contributed by atoms with van der Waals surface area (Å²) in [6.07, 6.45) is 0. The molecule has 116 valence electrons. The molecule has 0 heterocycles. The van der Waals surface area contributed by atoms with Crippen LogP contribution in [-0.4, -0.2) is 10.5 Å². The molecule has 0 aromatic heterocycles. The molecule has 3 aromatic rings. The Morgan fingerprint density at radius 3 is 1.48 bits per heavy atom. The minimum atomic E-state index is -0.448. The number of hydrogen-bond donors (Lipinski definition) is 0. The van der Waals surface area contributed by atoms with E-state index in [2.05, 4.69) is 97.9 Å². The monoisotopic (exact) mass is 318 g/mol. The summed E-state index contributed by atoms with van der Waals surface area (Å²) in [6, 6.07) is 31.8. The molecule has 3 aromatic carbocycles. The molecule has 1 atom stereocenters. The van der Waals surface area contributed by atoms with Gasteiger partial charge in [-0.25, -0.2) is 0 Å². The van der Waals surface area contributed by atoms with Crippen molar-refractivity contribution in [3.05, 3.63) is 108 Å². The third kappa shape index (κ3) is 2.88. The molecule has 0 saturated carbocycles. The first-order valence-electron chi connectivity index (χ1n) is 8.00. The van der Waals surface area contributed by atoms with Crippen LogP contribution in [0.25, 0.3) is 0 Å². The van der Waals surface area contributed by atoms with E-state index >= 15 is 0 Å². The lowest BCUT2D eigenvalue weighted by atomic mass is 9.74. The average Bonchev–Trinajstić information content (AvgIpc) is 2.65. The maximum absolute atomic E-state index is 6.37. The van der Waals surface area contributed by atoms with Crippen LogP contribution in [-0.2, 0) is 10.0 Å². The summed E-state index contributed by atoms with van der Waals surface area (Å²) in [7, 11) is 0.665. The summed E-state index contributed by atoms with van der Waals surface area (Å²) in [5.41, 5.74) is 3.25. The Morgan fingerprint density at radius 2 is 1.09 bits per heavy atom. The molecule has 2 heteroatoms. The first-order valence-corrected chi connectivity index (χ1v) is 8.82. The van der Waals surface area contributed by atoms with Crippen molar-refractivity contribution in [3.63, 3.8) is 0 Å². The molecule has 0 aliphatic heterocycles. The molecule has 0 bridgehead atoms. The van der Waals surface area contributed by atoms with Gasteiger partial charge in [-0.3, -0.25) is 0 Å². The highest BCUT2D eigenvalue weighted by Gasteiger charge is 2.40. The molecule has 0 fully saturated rings. The zero-order valence-electron chi connectivity index (χ0n) is 13.6. The molecule has 23 heavy (non-hydrogen) atoms. The molecule has 0 aliphatic carbocycles. The minimum absolute atomic E-state index is 0.214. The van der Waals surface area contributed by atoms with Gasteiger partial charge in [0.2, 0.25) is 0 Å². The van der Waals surface area contributed by atoms with Gasteiger partial charge in [0, 0.05) is 5.92 Å². The van der Waals surface area contributed by atoms with Crippen molar-refractivity contribution in [2.24, 2.45) is 0 Å². The van der Waals surface area contributed by atoms with Gasteiger partial charge in [0.1, 0.15) is 16.1 Å². The van der Waals surface area contributed by atoms with Crippen molar-refractivity contribution in [2.75, 3.05) is 0 Å². The Balaban J connectivity index is 2.21. The average molecular weight is 318 g/mol. The standard InChI is InChI=1S/C21H22OSi/c1-17(18-11-5-2-6-12-18)21(22-23,19-13-7-3-8-14-19)20-15-9-4-10-16-20/h2-17H,1,23H3. The normalized spacial score (nSPS) is 12.9. The molecular weight excluding hydrogens is 296 g/mol. The van der Waals surface area contributed by atoms with Crippen LogP contribution in [0.3, 0.4) is 0 Å². The highest BCUT2D eigenvalue weighted by Crippen LogP contribution is 2.44. The Labute approximate surface area is 141 Å². The lowest BCUT2D eigenvalue weighted by Gasteiger charge is -2.40. The molecule has 3 rings (SSSR count). The summed E-state index contributed by atoms with van der Waals surface area (Å²) < 4.78 is 6.37. The van der Waals surface area contributed by atoms with Crippen LogP contribution < -0.4 is 0 Å². The second-order valence-corrected chi connectivity index (χ2v) is 6.21. The Kier molecular flexibility index (Phi) is 4.75. The summed E-state index contributed by atoms with van der Waals surface area (Å²) >= 11 is 0. The number of rotatable bonds is 5. The van der Waals surface area contributed by atoms with Crippen LogP contribution in [0.1, 0.15) is 29.5 Å². The van der Waals surface area contributed by atoms with E-state index in [1.54, 1.807) is 0 Å². The van der Waals surface area contributed by atoms with Crippen LogP contribution in [0.2, 0.25) is 0 Å². The third-order valence-corrected chi connectivity index (χ3v) is 5.28. The zero-order chi connectivity index (χ0) is 16.1. The summed E-state index contributed by atoms with van der Waals surface area (Å²) in [5, 5.41) is 0. The minimum Gasteiger partial charge on any atom is -0.414 e. The van der Waals surface area contributed by atoms with E-state index in [1.807, 2.05) is 0 Å². The van der Waals surface area contributed by atoms with E-state index in [4.69, 9.17) is 4.43 Å². The summed E-state index contributed by atoms with van der Waals surface area (Å²) in [6.45, 7) is 2.26. The largest absolute Gasteiger partial charge is 0.414 e. The Bertz CT molecular complexity index is 686. The second-order valence-electron chi connectivity index (χ2n) is 5.80. The van der Waals surface area contributed by atoms with Crippen LogP contribution in [0.15, 0.2) is 91.0 Å². The van der Waals surface area contributed by atoms with E-state index in [0.29, 0.717) is 10.5 Å². The van der Waals surface area contributed by atoms with E-state index in [9.17, 15) is 0 Å². The molecule has 0 N–H and O–H groups in total. The quantitative estimate of drug-likeness (QED) is 0.645. The van der Waals surface area contributed by atoms with Crippen molar-refractivity contribution in [3.8, 4) is 0 Å². The van der Waals surface area contributed by atoms with Crippen molar-refractivity contribution in [1.29, 1.82) is 0 Å². The smallest absolute Gasteiger partial charge is 0.147 e.